The maximum atomic E-state index is 11.9. The van der Waals surface area contributed by atoms with Gasteiger partial charge in [0.25, 0.3) is 11.8 Å². The molecule has 19 heavy (non-hydrogen) atoms. The van der Waals surface area contributed by atoms with Gasteiger partial charge in [0.2, 0.25) is 5.75 Å². The van der Waals surface area contributed by atoms with E-state index in [1.54, 1.807) is 24.5 Å². The Hall–Kier alpha value is -2.70. The lowest BCUT2D eigenvalue weighted by Crippen LogP contribution is -2.24. The first-order chi connectivity index (χ1) is 9.08. The Morgan fingerprint density at radius 3 is 2.84 bits per heavy atom. The quantitative estimate of drug-likeness (QED) is 0.742. The van der Waals surface area contributed by atoms with Crippen molar-refractivity contribution < 1.29 is 15.0 Å². The van der Waals surface area contributed by atoms with E-state index in [4.69, 9.17) is 0 Å². The van der Waals surface area contributed by atoms with Crippen LogP contribution in [0.15, 0.2) is 24.5 Å². The molecule has 0 aromatic carbocycles. The molecule has 2 heterocycles. The first-order valence-electron chi connectivity index (χ1n) is 5.51. The summed E-state index contributed by atoms with van der Waals surface area (Å²) >= 11 is 0. The molecule has 0 unspecified atom stereocenters. The molecule has 0 saturated carbocycles. The normalized spacial score (nSPS) is 10.2. The Morgan fingerprint density at radius 2 is 2.16 bits per heavy atom. The summed E-state index contributed by atoms with van der Waals surface area (Å²) in [4.78, 5) is 23.1. The van der Waals surface area contributed by atoms with Gasteiger partial charge in [0, 0.05) is 18.9 Å². The Balaban J connectivity index is 2.13. The van der Waals surface area contributed by atoms with Crippen molar-refractivity contribution in [3.8, 4) is 11.6 Å². The molecule has 1 amide bonds. The number of rotatable bonds is 3. The summed E-state index contributed by atoms with van der Waals surface area (Å²) in [5.74, 6) is -1.64. The van der Waals surface area contributed by atoms with Crippen molar-refractivity contribution in [1.82, 2.24) is 20.3 Å². The number of aromatic hydroxyl groups is 2. The molecule has 0 aliphatic rings. The van der Waals surface area contributed by atoms with E-state index in [1.165, 1.54) is 6.92 Å². The van der Waals surface area contributed by atoms with Crippen LogP contribution in [0, 0.1) is 6.92 Å². The van der Waals surface area contributed by atoms with Gasteiger partial charge in [0.15, 0.2) is 5.69 Å². The molecule has 0 bridgehead atoms. The number of carbonyl (C=O) groups excluding carboxylic acids is 1. The summed E-state index contributed by atoms with van der Waals surface area (Å²) in [6.45, 7) is 1.76. The van der Waals surface area contributed by atoms with Crippen LogP contribution in [0.3, 0.4) is 0 Å². The van der Waals surface area contributed by atoms with E-state index in [1.807, 2.05) is 0 Å². The van der Waals surface area contributed by atoms with E-state index < -0.39 is 17.5 Å². The molecule has 0 spiro atoms. The average Bonchev–Trinajstić information content (AvgIpc) is 2.41. The number of nitrogens with zero attached hydrogens (tertiary/aromatic N) is 3. The fraction of sp³-hybridized carbons (Fsp3) is 0.167. The number of carbonyl (C=O) groups is 1. The Labute approximate surface area is 109 Å². The molecule has 0 fully saturated rings. The number of aromatic nitrogens is 3. The topological polar surface area (TPSA) is 108 Å². The number of aryl methyl sites for hydroxylation is 1. The third kappa shape index (κ3) is 2.95. The van der Waals surface area contributed by atoms with Crippen molar-refractivity contribution in [3.63, 3.8) is 0 Å². The summed E-state index contributed by atoms with van der Waals surface area (Å²) in [5, 5.41) is 21.4. The highest BCUT2D eigenvalue weighted by Crippen LogP contribution is 2.24. The minimum atomic E-state index is -0.630. The van der Waals surface area contributed by atoms with Crippen LogP contribution in [0.2, 0.25) is 0 Å². The second-order valence-corrected chi connectivity index (χ2v) is 3.84. The average molecular weight is 260 g/mol. The zero-order valence-corrected chi connectivity index (χ0v) is 10.2. The Bertz CT molecular complexity index is 601. The Morgan fingerprint density at radius 1 is 1.37 bits per heavy atom. The zero-order chi connectivity index (χ0) is 13.8. The molecule has 0 radical (unpaired) electrons. The molecule has 3 N–H and O–H groups in total. The van der Waals surface area contributed by atoms with Gasteiger partial charge in [-0.05, 0) is 18.6 Å². The first-order valence-corrected chi connectivity index (χ1v) is 5.51. The second-order valence-electron chi connectivity index (χ2n) is 3.84. The van der Waals surface area contributed by atoms with E-state index in [-0.39, 0.29) is 18.1 Å². The van der Waals surface area contributed by atoms with Gasteiger partial charge in [-0.15, -0.1) is 0 Å². The lowest BCUT2D eigenvalue weighted by atomic mass is 10.2. The van der Waals surface area contributed by atoms with Crippen LogP contribution in [0.4, 0.5) is 0 Å². The van der Waals surface area contributed by atoms with Gasteiger partial charge in [-0.2, -0.15) is 4.98 Å². The summed E-state index contributed by atoms with van der Waals surface area (Å²) in [6.07, 6.45) is 3.24. The van der Waals surface area contributed by atoms with Gasteiger partial charge in [-0.1, -0.05) is 6.07 Å². The molecule has 98 valence electrons. The highest BCUT2D eigenvalue weighted by Gasteiger charge is 2.18. The van der Waals surface area contributed by atoms with Gasteiger partial charge in [-0.25, -0.2) is 4.98 Å². The number of hydrogen-bond donors (Lipinski definition) is 3. The molecular weight excluding hydrogens is 248 g/mol. The molecule has 7 heteroatoms. The van der Waals surface area contributed by atoms with Gasteiger partial charge in [0.1, 0.15) is 5.82 Å². The lowest BCUT2D eigenvalue weighted by molar-refractivity contribution is 0.0941. The number of nitrogens with one attached hydrogen (secondary N) is 1. The van der Waals surface area contributed by atoms with E-state index in [2.05, 4.69) is 20.3 Å². The molecule has 2 rings (SSSR count). The molecule has 0 saturated heterocycles. The molecule has 2 aromatic rings. The van der Waals surface area contributed by atoms with Crippen LogP contribution in [-0.4, -0.2) is 31.1 Å². The van der Waals surface area contributed by atoms with Crippen LogP contribution in [0.25, 0.3) is 0 Å². The third-order valence-electron chi connectivity index (χ3n) is 2.37. The van der Waals surface area contributed by atoms with Gasteiger partial charge in [-0.3, -0.25) is 9.78 Å². The second kappa shape index (κ2) is 5.30. The van der Waals surface area contributed by atoms with Crippen LogP contribution in [-0.2, 0) is 6.54 Å². The molecule has 0 aliphatic heterocycles. The highest BCUT2D eigenvalue weighted by atomic mass is 16.3. The molecule has 7 nitrogen and oxygen atoms in total. The van der Waals surface area contributed by atoms with Crippen LogP contribution in [0.5, 0.6) is 11.6 Å². The van der Waals surface area contributed by atoms with Gasteiger partial charge in [0.05, 0.1) is 0 Å². The molecule has 0 atom stereocenters. The van der Waals surface area contributed by atoms with Crippen molar-refractivity contribution in [3.05, 3.63) is 41.6 Å². The monoisotopic (exact) mass is 260 g/mol. The fourth-order valence-electron chi connectivity index (χ4n) is 1.48. The van der Waals surface area contributed by atoms with E-state index in [0.717, 1.165) is 5.56 Å². The summed E-state index contributed by atoms with van der Waals surface area (Å²) in [7, 11) is 0. The lowest BCUT2D eigenvalue weighted by Gasteiger charge is -2.07. The Kier molecular flexibility index (Phi) is 3.56. The molecule has 0 aliphatic carbocycles. The van der Waals surface area contributed by atoms with Crippen molar-refractivity contribution >= 4 is 5.91 Å². The minimum Gasteiger partial charge on any atom is -0.501 e. The van der Waals surface area contributed by atoms with Gasteiger partial charge >= 0.3 is 0 Å². The van der Waals surface area contributed by atoms with E-state index in [0.29, 0.717) is 0 Å². The highest BCUT2D eigenvalue weighted by molar-refractivity contribution is 5.95. The van der Waals surface area contributed by atoms with Crippen LogP contribution in [0.1, 0.15) is 21.9 Å². The predicted molar refractivity (Wildman–Crippen MR) is 65.5 cm³/mol. The van der Waals surface area contributed by atoms with Gasteiger partial charge < -0.3 is 15.5 Å². The first kappa shape index (κ1) is 12.7. The van der Waals surface area contributed by atoms with Crippen molar-refractivity contribution in [2.45, 2.75) is 13.5 Å². The number of pyridine rings is 1. The summed E-state index contributed by atoms with van der Waals surface area (Å²) in [5.41, 5.74) is 0.555. The zero-order valence-electron chi connectivity index (χ0n) is 10.2. The summed E-state index contributed by atoms with van der Waals surface area (Å²) in [6, 6.07) is 3.55. The van der Waals surface area contributed by atoms with Crippen LogP contribution >= 0.6 is 0 Å². The largest absolute Gasteiger partial charge is 0.501 e. The predicted octanol–water partition coefficient (Wildman–Crippen LogP) is 0.521. The van der Waals surface area contributed by atoms with Crippen molar-refractivity contribution in [2.75, 3.05) is 0 Å². The maximum absolute atomic E-state index is 11.9. The fourth-order valence-corrected chi connectivity index (χ4v) is 1.48. The minimum absolute atomic E-state index is 0.196. The third-order valence-corrected chi connectivity index (χ3v) is 2.37. The maximum Gasteiger partial charge on any atom is 0.274 e. The van der Waals surface area contributed by atoms with Crippen molar-refractivity contribution in [2.24, 2.45) is 0 Å². The van der Waals surface area contributed by atoms with Crippen LogP contribution < -0.4 is 5.32 Å². The van der Waals surface area contributed by atoms with E-state index >= 15 is 0 Å². The smallest absolute Gasteiger partial charge is 0.274 e. The summed E-state index contributed by atoms with van der Waals surface area (Å²) < 4.78 is 0. The van der Waals surface area contributed by atoms with Crippen molar-refractivity contribution in [1.29, 1.82) is 0 Å². The van der Waals surface area contributed by atoms with E-state index in [9.17, 15) is 15.0 Å². The standard InChI is InChI=1S/C12H12N4O3/c1-7-15-9(10(17)12(19)16-7)11(18)14-6-8-3-2-4-13-5-8/h2-5,17H,6H2,1H3,(H,14,18)(H,15,16,19). The number of amides is 1. The molecule has 2 aromatic heterocycles. The SMILES string of the molecule is Cc1nc(O)c(O)c(C(=O)NCc2cccnc2)n1. The number of hydrogen-bond acceptors (Lipinski definition) is 6. The molecular formula is C12H12N4O3.